The Hall–Kier alpha value is -1.91. The highest BCUT2D eigenvalue weighted by molar-refractivity contribution is 5.73. The van der Waals surface area contributed by atoms with Gasteiger partial charge in [0.05, 0.1) is 26.2 Å². The smallest absolute Gasteiger partial charge is 0.309 e. The Morgan fingerprint density at radius 2 is 1.57 bits per heavy atom. The summed E-state index contributed by atoms with van der Waals surface area (Å²) in [7, 11) is 3.18. The van der Waals surface area contributed by atoms with E-state index in [0.717, 1.165) is 12.8 Å². The molecule has 1 aromatic rings. The van der Waals surface area contributed by atoms with Crippen LogP contribution in [0.1, 0.15) is 33.1 Å². The van der Waals surface area contributed by atoms with Crippen molar-refractivity contribution in [3.63, 3.8) is 0 Å². The number of carboxylic acid groups (broad SMARTS) is 1. The van der Waals surface area contributed by atoms with Gasteiger partial charge in [-0.3, -0.25) is 4.79 Å². The molecule has 0 radical (unpaired) electrons. The molecule has 0 amide bonds. The number of hydrogen-bond donors (Lipinski definition) is 1. The quantitative estimate of drug-likeness (QED) is 0.708. The zero-order chi connectivity index (χ0) is 15.9. The Labute approximate surface area is 125 Å². The molecule has 0 unspecified atom stereocenters. The third-order valence-corrected chi connectivity index (χ3v) is 3.37. The average molecular weight is 296 g/mol. The van der Waals surface area contributed by atoms with Crippen LogP contribution in [0.5, 0.6) is 17.2 Å². The summed E-state index contributed by atoms with van der Waals surface area (Å²) < 4.78 is 16.0. The van der Waals surface area contributed by atoms with Crippen LogP contribution in [0.15, 0.2) is 18.2 Å². The summed E-state index contributed by atoms with van der Waals surface area (Å²) in [4.78, 5) is 11.0. The first-order valence-electron chi connectivity index (χ1n) is 6.98. The molecule has 5 heteroatoms. The van der Waals surface area contributed by atoms with E-state index >= 15 is 0 Å². The molecule has 0 spiro atoms. The lowest BCUT2D eigenvalue weighted by molar-refractivity contribution is -0.147. The summed E-state index contributed by atoms with van der Waals surface area (Å²) in [5.41, 5.74) is -0.681. The topological polar surface area (TPSA) is 65.0 Å². The van der Waals surface area contributed by atoms with Crippen LogP contribution in [0.25, 0.3) is 0 Å². The Morgan fingerprint density at radius 1 is 1.05 bits per heavy atom. The minimum Gasteiger partial charge on any atom is -0.496 e. The van der Waals surface area contributed by atoms with Crippen LogP contribution in [-0.2, 0) is 4.79 Å². The highest BCUT2D eigenvalue weighted by Gasteiger charge is 2.25. The second-order valence-electron chi connectivity index (χ2n) is 5.54. The van der Waals surface area contributed by atoms with Crippen LogP contribution in [0.3, 0.4) is 0 Å². The van der Waals surface area contributed by atoms with Crippen LogP contribution >= 0.6 is 0 Å². The maximum Gasteiger partial charge on any atom is 0.309 e. The zero-order valence-electron chi connectivity index (χ0n) is 13.1. The highest BCUT2D eigenvalue weighted by atomic mass is 16.5. The van der Waals surface area contributed by atoms with Crippen LogP contribution < -0.4 is 14.2 Å². The molecule has 0 saturated carbocycles. The van der Waals surface area contributed by atoms with Gasteiger partial charge in [0, 0.05) is 18.2 Å². The van der Waals surface area contributed by atoms with Crippen molar-refractivity contribution in [1.82, 2.24) is 0 Å². The summed E-state index contributed by atoms with van der Waals surface area (Å²) in [5.74, 6) is 1.28. The summed E-state index contributed by atoms with van der Waals surface area (Å²) in [6, 6.07) is 5.37. The standard InChI is InChI=1S/C16H24O5/c1-16(2,15(17)18)7-5-6-8-21-14-10-12(19-3)9-13(11-14)20-4/h9-11H,5-8H2,1-4H3,(H,17,18). The van der Waals surface area contributed by atoms with E-state index in [2.05, 4.69) is 0 Å². The summed E-state index contributed by atoms with van der Waals surface area (Å²) in [5, 5.41) is 9.03. The first-order chi connectivity index (χ1) is 9.89. The molecule has 0 fully saturated rings. The Kier molecular flexibility index (Phi) is 6.34. The summed E-state index contributed by atoms with van der Waals surface area (Å²) >= 11 is 0. The second-order valence-corrected chi connectivity index (χ2v) is 5.54. The molecule has 0 aliphatic carbocycles. The van der Waals surface area contributed by atoms with Gasteiger partial charge in [0.15, 0.2) is 0 Å². The van der Waals surface area contributed by atoms with Gasteiger partial charge >= 0.3 is 5.97 Å². The molecule has 5 nitrogen and oxygen atoms in total. The van der Waals surface area contributed by atoms with Gasteiger partial charge in [0.2, 0.25) is 0 Å². The van der Waals surface area contributed by atoms with Gasteiger partial charge in [-0.1, -0.05) is 0 Å². The van der Waals surface area contributed by atoms with E-state index in [-0.39, 0.29) is 0 Å². The predicted molar refractivity (Wildman–Crippen MR) is 80.3 cm³/mol. The number of carbonyl (C=O) groups is 1. The normalized spacial score (nSPS) is 11.0. The van der Waals surface area contributed by atoms with Crippen LogP contribution in [0.4, 0.5) is 0 Å². The lowest BCUT2D eigenvalue weighted by atomic mass is 9.87. The lowest BCUT2D eigenvalue weighted by Gasteiger charge is -2.18. The van der Waals surface area contributed by atoms with Crippen molar-refractivity contribution in [3.8, 4) is 17.2 Å². The van der Waals surface area contributed by atoms with E-state index in [1.54, 1.807) is 46.3 Å². The van der Waals surface area contributed by atoms with Crippen molar-refractivity contribution in [1.29, 1.82) is 0 Å². The van der Waals surface area contributed by atoms with Gasteiger partial charge in [-0.25, -0.2) is 0 Å². The number of ether oxygens (including phenoxy) is 3. The molecule has 0 atom stereocenters. The summed E-state index contributed by atoms with van der Waals surface area (Å²) in [6.45, 7) is 4.01. The van der Waals surface area contributed by atoms with E-state index in [0.29, 0.717) is 30.3 Å². The zero-order valence-corrected chi connectivity index (χ0v) is 13.1. The van der Waals surface area contributed by atoms with Crippen molar-refractivity contribution in [2.45, 2.75) is 33.1 Å². The molecular formula is C16H24O5. The fourth-order valence-corrected chi connectivity index (χ4v) is 1.83. The second kappa shape index (κ2) is 7.76. The first-order valence-corrected chi connectivity index (χ1v) is 6.98. The van der Waals surface area contributed by atoms with E-state index in [1.807, 2.05) is 0 Å². The van der Waals surface area contributed by atoms with Gasteiger partial charge in [-0.05, 0) is 33.1 Å². The van der Waals surface area contributed by atoms with Gasteiger partial charge in [0.25, 0.3) is 0 Å². The van der Waals surface area contributed by atoms with E-state index in [4.69, 9.17) is 19.3 Å². The summed E-state index contributed by atoms with van der Waals surface area (Å²) in [6.07, 6.45) is 2.24. The third kappa shape index (κ3) is 5.53. The molecule has 0 aromatic heterocycles. The van der Waals surface area contributed by atoms with Gasteiger partial charge < -0.3 is 19.3 Å². The Bertz CT molecular complexity index is 445. The molecule has 1 aromatic carbocycles. The fraction of sp³-hybridized carbons (Fsp3) is 0.562. The molecule has 0 saturated heterocycles. The van der Waals surface area contributed by atoms with E-state index < -0.39 is 11.4 Å². The number of hydrogen-bond acceptors (Lipinski definition) is 4. The molecule has 1 N–H and O–H groups in total. The molecule has 118 valence electrons. The number of carboxylic acids is 1. The van der Waals surface area contributed by atoms with Crippen molar-refractivity contribution in [2.75, 3.05) is 20.8 Å². The number of unbranched alkanes of at least 4 members (excludes halogenated alkanes) is 1. The fourth-order valence-electron chi connectivity index (χ4n) is 1.83. The largest absolute Gasteiger partial charge is 0.496 e. The maximum atomic E-state index is 11.0. The monoisotopic (exact) mass is 296 g/mol. The Balaban J connectivity index is 2.41. The highest BCUT2D eigenvalue weighted by Crippen LogP contribution is 2.28. The van der Waals surface area contributed by atoms with Crippen LogP contribution in [-0.4, -0.2) is 31.9 Å². The SMILES string of the molecule is COc1cc(OC)cc(OCCCCC(C)(C)C(=O)O)c1. The van der Waals surface area contributed by atoms with Crippen molar-refractivity contribution >= 4 is 5.97 Å². The molecule has 21 heavy (non-hydrogen) atoms. The predicted octanol–water partition coefficient (Wildman–Crippen LogP) is 3.36. The molecule has 0 heterocycles. The minimum atomic E-state index is -0.763. The van der Waals surface area contributed by atoms with Crippen molar-refractivity contribution < 1.29 is 24.1 Å². The first kappa shape index (κ1) is 17.1. The van der Waals surface area contributed by atoms with E-state index in [9.17, 15) is 4.79 Å². The number of aliphatic carboxylic acids is 1. The number of rotatable bonds is 9. The van der Waals surface area contributed by atoms with Gasteiger partial charge in [-0.15, -0.1) is 0 Å². The average Bonchev–Trinajstić information content (AvgIpc) is 2.46. The van der Waals surface area contributed by atoms with Gasteiger partial charge in [-0.2, -0.15) is 0 Å². The number of benzene rings is 1. The molecule has 1 rings (SSSR count). The van der Waals surface area contributed by atoms with Crippen LogP contribution in [0.2, 0.25) is 0 Å². The van der Waals surface area contributed by atoms with E-state index in [1.165, 1.54) is 0 Å². The number of methoxy groups -OCH3 is 2. The molecule has 0 aliphatic rings. The molecule has 0 aliphatic heterocycles. The third-order valence-electron chi connectivity index (χ3n) is 3.37. The van der Waals surface area contributed by atoms with Crippen molar-refractivity contribution in [3.05, 3.63) is 18.2 Å². The minimum absolute atomic E-state index is 0.534. The lowest BCUT2D eigenvalue weighted by Crippen LogP contribution is -2.23. The van der Waals surface area contributed by atoms with Crippen LogP contribution in [0, 0.1) is 5.41 Å². The van der Waals surface area contributed by atoms with Crippen molar-refractivity contribution in [2.24, 2.45) is 5.41 Å². The molecular weight excluding hydrogens is 272 g/mol. The van der Waals surface area contributed by atoms with Gasteiger partial charge in [0.1, 0.15) is 17.2 Å². The maximum absolute atomic E-state index is 11.0. The Morgan fingerprint density at radius 3 is 2.05 bits per heavy atom. The molecule has 0 bridgehead atoms.